The first-order valence-corrected chi connectivity index (χ1v) is 12.3. The average Bonchev–Trinajstić information content (AvgIpc) is 3.36. The van der Waals surface area contributed by atoms with E-state index in [0.717, 1.165) is 5.56 Å². The molecule has 0 saturated heterocycles. The van der Waals surface area contributed by atoms with Crippen molar-refractivity contribution < 1.29 is 9.59 Å². The fraction of sp³-hybridized carbons (Fsp3) is 0.267. The summed E-state index contributed by atoms with van der Waals surface area (Å²) < 4.78 is 0. The van der Waals surface area contributed by atoms with Crippen LogP contribution in [-0.2, 0) is 9.59 Å². The molecule has 0 fully saturated rings. The van der Waals surface area contributed by atoms with Crippen LogP contribution in [0.4, 0.5) is 11.4 Å². The predicted molar refractivity (Wildman–Crippen MR) is 144 cm³/mol. The van der Waals surface area contributed by atoms with Crippen molar-refractivity contribution >= 4 is 34.6 Å². The first-order valence-electron chi connectivity index (χ1n) is 12.3. The lowest BCUT2D eigenvalue weighted by molar-refractivity contribution is -0.122. The Morgan fingerprint density at radius 1 is 0.611 bits per heavy atom. The lowest BCUT2D eigenvalue weighted by Crippen LogP contribution is -2.40. The maximum Gasteiger partial charge on any atom is 0.256 e. The maximum atomic E-state index is 13.9. The Bertz CT molecular complexity index is 1250. The van der Waals surface area contributed by atoms with Crippen LogP contribution in [0.2, 0.25) is 0 Å². The third kappa shape index (κ3) is 4.13. The van der Waals surface area contributed by atoms with Crippen molar-refractivity contribution in [3.05, 3.63) is 96.1 Å². The second kappa shape index (κ2) is 9.53. The van der Waals surface area contributed by atoms with E-state index in [1.807, 2.05) is 74.5 Å². The normalized spacial score (nSPS) is 20.7. The van der Waals surface area contributed by atoms with Gasteiger partial charge in [0.1, 0.15) is 0 Å². The van der Waals surface area contributed by atoms with Gasteiger partial charge >= 0.3 is 0 Å². The number of nitrogens with zero attached hydrogens (tertiary/aromatic N) is 4. The van der Waals surface area contributed by atoms with E-state index in [1.165, 1.54) is 15.6 Å². The molecule has 2 amide bonds. The van der Waals surface area contributed by atoms with E-state index < -0.39 is 17.8 Å². The van der Waals surface area contributed by atoms with Crippen LogP contribution in [-0.4, -0.2) is 23.2 Å². The van der Waals surface area contributed by atoms with Crippen molar-refractivity contribution in [1.82, 2.24) is 0 Å². The summed E-state index contributed by atoms with van der Waals surface area (Å²) in [4.78, 5) is 27.7. The zero-order chi connectivity index (χ0) is 25.4. The molecular formula is C30H30N4O2. The summed E-state index contributed by atoms with van der Waals surface area (Å²) in [5.74, 6) is -1.46. The number of rotatable bonds is 6. The minimum atomic E-state index is -0.579. The number of benzene rings is 3. The van der Waals surface area contributed by atoms with E-state index >= 15 is 0 Å². The van der Waals surface area contributed by atoms with Gasteiger partial charge in [0.15, 0.2) is 0 Å². The molecule has 5 rings (SSSR count). The highest BCUT2D eigenvalue weighted by Crippen LogP contribution is 2.42. The molecule has 0 aliphatic carbocycles. The van der Waals surface area contributed by atoms with Gasteiger partial charge in [-0.3, -0.25) is 9.59 Å². The van der Waals surface area contributed by atoms with E-state index in [1.54, 1.807) is 0 Å². The first-order chi connectivity index (χ1) is 17.4. The Kier molecular flexibility index (Phi) is 6.27. The van der Waals surface area contributed by atoms with Crippen molar-refractivity contribution in [3.63, 3.8) is 0 Å². The Balaban J connectivity index is 1.57. The summed E-state index contributed by atoms with van der Waals surface area (Å²) in [6, 6.07) is 27.1. The molecule has 0 spiro atoms. The van der Waals surface area contributed by atoms with Crippen LogP contribution in [0.25, 0.3) is 0 Å². The summed E-state index contributed by atoms with van der Waals surface area (Å²) in [6.07, 6.45) is 0. The monoisotopic (exact) mass is 478 g/mol. The van der Waals surface area contributed by atoms with E-state index in [4.69, 9.17) is 0 Å². The number of amides is 2. The highest BCUT2D eigenvalue weighted by molar-refractivity contribution is 6.19. The van der Waals surface area contributed by atoms with Crippen LogP contribution < -0.4 is 10.0 Å². The lowest BCUT2D eigenvalue weighted by atomic mass is 9.72. The zero-order valence-electron chi connectivity index (χ0n) is 21.0. The van der Waals surface area contributed by atoms with E-state index in [2.05, 4.69) is 48.3 Å². The van der Waals surface area contributed by atoms with Crippen molar-refractivity contribution in [3.8, 4) is 0 Å². The lowest BCUT2D eigenvalue weighted by Gasteiger charge is -2.29. The molecule has 2 aliphatic rings. The second-order valence-corrected chi connectivity index (χ2v) is 9.76. The Labute approximate surface area is 211 Å². The van der Waals surface area contributed by atoms with Gasteiger partial charge in [-0.25, -0.2) is 10.0 Å². The second-order valence-electron chi connectivity index (χ2n) is 9.76. The molecular weight excluding hydrogens is 448 g/mol. The van der Waals surface area contributed by atoms with Gasteiger partial charge in [-0.05, 0) is 55.2 Å². The van der Waals surface area contributed by atoms with Crippen LogP contribution in [0.5, 0.6) is 0 Å². The standard InChI is InChI=1S/C30H30N4O2/c1-19(2)22-15-17-23(18-16-22)28(26-20(3)31-33(29(26)35)24-11-7-5-8-12-24)27-21(4)32-34(30(27)36)25-13-9-6-10-14-25/h5-19,26-28H,1-4H3. The summed E-state index contributed by atoms with van der Waals surface area (Å²) in [5.41, 5.74) is 4.96. The van der Waals surface area contributed by atoms with Crippen LogP contribution in [0.1, 0.15) is 50.7 Å². The molecule has 2 aliphatic heterocycles. The van der Waals surface area contributed by atoms with E-state index in [-0.39, 0.29) is 11.8 Å². The van der Waals surface area contributed by atoms with Crippen LogP contribution in [0.3, 0.4) is 0 Å². The molecule has 0 N–H and O–H groups in total. The maximum absolute atomic E-state index is 13.9. The zero-order valence-corrected chi connectivity index (χ0v) is 21.0. The Hall–Kier alpha value is -4.06. The van der Waals surface area contributed by atoms with E-state index in [0.29, 0.717) is 28.7 Å². The van der Waals surface area contributed by atoms with Crippen LogP contribution >= 0.6 is 0 Å². The van der Waals surface area contributed by atoms with Gasteiger partial charge in [-0.15, -0.1) is 0 Å². The molecule has 2 atom stereocenters. The average molecular weight is 479 g/mol. The number of carbonyl (C=O) groups is 2. The van der Waals surface area contributed by atoms with Crippen molar-refractivity contribution in [2.45, 2.75) is 39.5 Å². The Morgan fingerprint density at radius 3 is 1.39 bits per heavy atom. The van der Waals surface area contributed by atoms with Gasteiger partial charge < -0.3 is 0 Å². The molecule has 36 heavy (non-hydrogen) atoms. The molecule has 0 bridgehead atoms. The molecule has 0 aromatic heterocycles. The highest BCUT2D eigenvalue weighted by Gasteiger charge is 2.50. The molecule has 3 aromatic rings. The first kappa shape index (κ1) is 23.7. The van der Waals surface area contributed by atoms with Crippen molar-refractivity contribution in [2.75, 3.05) is 10.0 Å². The summed E-state index contributed by atoms with van der Waals surface area (Å²) in [6.45, 7) is 8.05. The number of hydrazone groups is 2. The predicted octanol–water partition coefficient (Wildman–Crippen LogP) is 5.97. The minimum absolute atomic E-state index is 0.129. The number of hydrogen-bond acceptors (Lipinski definition) is 4. The number of hydrogen-bond donors (Lipinski definition) is 0. The molecule has 3 aromatic carbocycles. The van der Waals surface area contributed by atoms with Gasteiger partial charge in [0, 0.05) is 17.3 Å². The summed E-state index contributed by atoms with van der Waals surface area (Å²) in [7, 11) is 0. The number of carbonyl (C=O) groups excluding carboxylic acids is 2. The molecule has 6 nitrogen and oxygen atoms in total. The molecule has 6 heteroatoms. The van der Waals surface area contributed by atoms with E-state index in [9.17, 15) is 9.59 Å². The largest absolute Gasteiger partial charge is 0.272 e. The summed E-state index contributed by atoms with van der Waals surface area (Å²) >= 11 is 0. The molecule has 0 radical (unpaired) electrons. The fourth-order valence-corrected chi connectivity index (χ4v) is 5.18. The smallest absolute Gasteiger partial charge is 0.256 e. The van der Waals surface area contributed by atoms with Crippen LogP contribution in [0.15, 0.2) is 95.1 Å². The third-order valence-corrected chi connectivity index (χ3v) is 7.07. The summed E-state index contributed by atoms with van der Waals surface area (Å²) in [5, 5.41) is 12.2. The SMILES string of the molecule is CC1=NN(c2ccccc2)C(=O)C1C(c1ccc(C(C)C)cc1)C1C(=O)N(c2ccccc2)N=C1C. The van der Waals surface area contributed by atoms with Gasteiger partial charge in [0.2, 0.25) is 0 Å². The van der Waals surface area contributed by atoms with Gasteiger partial charge in [-0.1, -0.05) is 74.5 Å². The van der Waals surface area contributed by atoms with Gasteiger partial charge in [-0.2, -0.15) is 10.2 Å². The molecule has 182 valence electrons. The van der Waals surface area contributed by atoms with Crippen molar-refractivity contribution in [2.24, 2.45) is 22.0 Å². The molecule has 0 saturated carbocycles. The molecule has 2 unspecified atom stereocenters. The number of anilines is 2. The third-order valence-electron chi connectivity index (χ3n) is 7.07. The Morgan fingerprint density at radius 2 is 1.00 bits per heavy atom. The van der Waals surface area contributed by atoms with Crippen LogP contribution in [0, 0.1) is 11.8 Å². The van der Waals surface area contributed by atoms with Gasteiger partial charge in [0.25, 0.3) is 11.8 Å². The minimum Gasteiger partial charge on any atom is -0.272 e. The fourth-order valence-electron chi connectivity index (χ4n) is 5.18. The molecule has 2 heterocycles. The topological polar surface area (TPSA) is 65.3 Å². The van der Waals surface area contributed by atoms with Crippen molar-refractivity contribution in [1.29, 1.82) is 0 Å². The van der Waals surface area contributed by atoms with Gasteiger partial charge in [0.05, 0.1) is 23.2 Å². The highest BCUT2D eigenvalue weighted by atomic mass is 16.2. The number of para-hydroxylation sites is 2. The quantitative estimate of drug-likeness (QED) is 0.438.